The van der Waals surface area contributed by atoms with Crippen LogP contribution in [0, 0.1) is 12.8 Å². The number of benzene rings is 1. The van der Waals surface area contributed by atoms with Gasteiger partial charge < -0.3 is 9.84 Å². The Morgan fingerprint density at radius 2 is 1.95 bits per heavy atom. The molecule has 3 nitrogen and oxygen atoms in total. The molecule has 1 atom stereocenters. The van der Waals surface area contributed by atoms with Crippen LogP contribution in [0.25, 0.3) is 0 Å². The summed E-state index contributed by atoms with van der Waals surface area (Å²) in [5.41, 5.74) is 2.57. The van der Waals surface area contributed by atoms with Gasteiger partial charge in [-0.3, -0.25) is 4.79 Å². The standard InChI is InChI=1S/C17H26O3S/c1-11(2)15-7-6-14(10-13(15)5)20-8-9-21-16(12(3)4)17(18)19/h6-7,10-12,16H,8-9H2,1-5H3,(H,18,19). The van der Waals surface area contributed by atoms with Crippen LogP contribution in [0.5, 0.6) is 5.75 Å². The van der Waals surface area contributed by atoms with E-state index in [0.29, 0.717) is 18.3 Å². The van der Waals surface area contributed by atoms with Gasteiger partial charge in [0.25, 0.3) is 0 Å². The van der Waals surface area contributed by atoms with Crippen molar-refractivity contribution in [1.29, 1.82) is 0 Å². The smallest absolute Gasteiger partial charge is 0.316 e. The number of carboxylic acid groups (broad SMARTS) is 1. The number of carbonyl (C=O) groups is 1. The molecule has 21 heavy (non-hydrogen) atoms. The summed E-state index contributed by atoms with van der Waals surface area (Å²) in [5, 5.41) is 8.75. The second kappa shape index (κ2) is 8.32. The van der Waals surface area contributed by atoms with E-state index >= 15 is 0 Å². The van der Waals surface area contributed by atoms with Crippen LogP contribution in [0.3, 0.4) is 0 Å². The number of aliphatic carboxylic acids is 1. The predicted molar refractivity (Wildman–Crippen MR) is 89.5 cm³/mol. The molecule has 118 valence electrons. The van der Waals surface area contributed by atoms with E-state index in [9.17, 15) is 4.79 Å². The van der Waals surface area contributed by atoms with Crippen molar-refractivity contribution in [3.05, 3.63) is 29.3 Å². The van der Waals surface area contributed by atoms with Crippen molar-refractivity contribution in [2.45, 2.75) is 45.8 Å². The van der Waals surface area contributed by atoms with Crippen LogP contribution < -0.4 is 4.74 Å². The number of hydrogen-bond donors (Lipinski definition) is 1. The number of hydrogen-bond acceptors (Lipinski definition) is 3. The number of thioether (sulfide) groups is 1. The summed E-state index contributed by atoms with van der Waals surface area (Å²) in [5.74, 6) is 1.43. The SMILES string of the molecule is Cc1cc(OCCSC(C(=O)O)C(C)C)ccc1C(C)C. The van der Waals surface area contributed by atoms with Crippen molar-refractivity contribution in [2.75, 3.05) is 12.4 Å². The van der Waals surface area contributed by atoms with Gasteiger partial charge in [-0.15, -0.1) is 11.8 Å². The third kappa shape index (κ3) is 5.62. The first-order chi connectivity index (χ1) is 9.82. The van der Waals surface area contributed by atoms with Crippen molar-refractivity contribution in [3.63, 3.8) is 0 Å². The summed E-state index contributed by atoms with van der Waals surface area (Å²) in [6.45, 7) is 10.8. The highest BCUT2D eigenvalue weighted by molar-refractivity contribution is 8.00. The molecule has 0 bridgehead atoms. The molecule has 0 saturated carbocycles. The molecule has 0 amide bonds. The summed E-state index contributed by atoms with van der Waals surface area (Å²) >= 11 is 1.44. The molecule has 1 unspecified atom stereocenters. The normalized spacial score (nSPS) is 12.7. The van der Waals surface area contributed by atoms with E-state index in [4.69, 9.17) is 9.84 Å². The van der Waals surface area contributed by atoms with Crippen LogP contribution in [0.4, 0.5) is 0 Å². The van der Waals surface area contributed by atoms with E-state index in [1.165, 1.54) is 22.9 Å². The maximum atomic E-state index is 11.1. The van der Waals surface area contributed by atoms with Crippen LogP contribution >= 0.6 is 11.8 Å². The molecule has 1 rings (SSSR count). The van der Waals surface area contributed by atoms with Crippen LogP contribution in [-0.4, -0.2) is 28.7 Å². The van der Waals surface area contributed by atoms with Crippen LogP contribution in [-0.2, 0) is 4.79 Å². The fourth-order valence-electron chi connectivity index (χ4n) is 2.27. The van der Waals surface area contributed by atoms with Crippen LogP contribution in [0.2, 0.25) is 0 Å². The third-order valence-electron chi connectivity index (χ3n) is 3.36. The molecule has 0 fully saturated rings. The lowest BCUT2D eigenvalue weighted by molar-refractivity contribution is -0.137. The highest BCUT2D eigenvalue weighted by atomic mass is 32.2. The maximum absolute atomic E-state index is 11.1. The van der Waals surface area contributed by atoms with Crippen molar-refractivity contribution in [1.82, 2.24) is 0 Å². The zero-order valence-electron chi connectivity index (χ0n) is 13.6. The molecule has 4 heteroatoms. The fourth-order valence-corrected chi connectivity index (χ4v) is 3.23. The van der Waals surface area contributed by atoms with Gasteiger partial charge in [0, 0.05) is 5.75 Å². The van der Waals surface area contributed by atoms with E-state index < -0.39 is 5.97 Å². The Morgan fingerprint density at radius 3 is 2.43 bits per heavy atom. The summed E-state index contributed by atoms with van der Waals surface area (Å²) in [4.78, 5) is 11.1. The summed E-state index contributed by atoms with van der Waals surface area (Å²) in [6, 6.07) is 6.15. The minimum absolute atomic E-state index is 0.125. The molecule has 1 aromatic rings. The number of aryl methyl sites for hydroxylation is 1. The summed E-state index contributed by atoms with van der Waals surface area (Å²) in [6.07, 6.45) is 0. The van der Waals surface area contributed by atoms with Gasteiger partial charge in [-0.25, -0.2) is 0 Å². The molecule has 0 aliphatic carbocycles. The molecule has 0 radical (unpaired) electrons. The number of rotatable bonds is 8. The van der Waals surface area contributed by atoms with E-state index in [0.717, 1.165) is 5.75 Å². The fraction of sp³-hybridized carbons (Fsp3) is 0.588. The quantitative estimate of drug-likeness (QED) is 0.726. The Morgan fingerprint density at radius 1 is 1.29 bits per heavy atom. The molecule has 1 aromatic carbocycles. The second-order valence-electron chi connectivity index (χ2n) is 5.90. The van der Waals surface area contributed by atoms with Crippen molar-refractivity contribution >= 4 is 17.7 Å². The topological polar surface area (TPSA) is 46.5 Å². The first-order valence-corrected chi connectivity index (χ1v) is 8.45. The highest BCUT2D eigenvalue weighted by Crippen LogP contribution is 2.24. The lowest BCUT2D eigenvalue weighted by Crippen LogP contribution is -2.23. The van der Waals surface area contributed by atoms with Crippen molar-refractivity contribution < 1.29 is 14.6 Å². The maximum Gasteiger partial charge on any atom is 0.316 e. The zero-order valence-corrected chi connectivity index (χ0v) is 14.4. The Balaban J connectivity index is 2.46. The molecule has 0 saturated heterocycles. The van der Waals surface area contributed by atoms with Gasteiger partial charge in [-0.1, -0.05) is 33.8 Å². The van der Waals surface area contributed by atoms with Gasteiger partial charge in [0.1, 0.15) is 11.0 Å². The summed E-state index contributed by atoms with van der Waals surface area (Å²) in [7, 11) is 0. The average Bonchev–Trinajstić information content (AvgIpc) is 2.37. The Hall–Kier alpha value is -1.16. The highest BCUT2D eigenvalue weighted by Gasteiger charge is 2.21. The molecule has 0 aromatic heterocycles. The molecule has 1 N–H and O–H groups in total. The van der Waals surface area contributed by atoms with E-state index in [1.54, 1.807) is 0 Å². The van der Waals surface area contributed by atoms with Crippen LogP contribution in [0.1, 0.15) is 44.7 Å². The van der Waals surface area contributed by atoms with E-state index in [-0.39, 0.29) is 11.2 Å². The van der Waals surface area contributed by atoms with Gasteiger partial charge in [0.2, 0.25) is 0 Å². The Kier molecular flexibility index (Phi) is 7.09. The minimum Gasteiger partial charge on any atom is -0.493 e. The van der Waals surface area contributed by atoms with Gasteiger partial charge in [0.05, 0.1) is 6.61 Å². The summed E-state index contributed by atoms with van der Waals surface area (Å²) < 4.78 is 5.72. The van der Waals surface area contributed by atoms with Crippen molar-refractivity contribution in [2.24, 2.45) is 5.92 Å². The predicted octanol–water partition coefficient (Wildman–Crippen LogP) is 4.34. The molecule has 0 aliphatic heterocycles. The first kappa shape index (κ1) is 17.9. The van der Waals surface area contributed by atoms with Gasteiger partial charge in [-0.2, -0.15) is 0 Å². The second-order valence-corrected chi connectivity index (χ2v) is 7.14. The third-order valence-corrected chi connectivity index (χ3v) is 4.87. The Bertz CT molecular complexity index is 469. The molecular formula is C17H26O3S. The van der Waals surface area contributed by atoms with Gasteiger partial charge in [0.15, 0.2) is 0 Å². The largest absolute Gasteiger partial charge is 0.493 e. The number of ether oxygens (including phenoxy) is 1. The molecule has 0 spiro atoms. The van der Waals surface area contributed by atoms with E-state index in [2.05, 4.69) is 32.9 Å². The Labute approximate surface area is 132 Å². The molecule has 0 aliphatic rings. The lowest BCUT2D eigenvalue weighted by atomic mass is 9.98. The van der Waals surface area contributed by atoms with Gasteiger partial charge in [-0.05, 0) is 42.0 Å². The first-order valence-electron chi connectivity index (χ1n) is 7.40. The molecular weight excluding hydrogens is 284 g/mol. The molecule has 0 heterocycles. The minimum atomic E-state index is -0.743. The van der Waals surface area contributed by atoms with Gasteiger partial charge >= 0.3 is 5.97 Å². The van der Waals surface area contributed by atoms with Crippen LogP contribution in [0.15, 0.2) is 18.2 Å². The average molecular weight is 310 g/mol. The van der Waals surface area contributed by atoms with E-state index in [1.807, 2.05) is 19.9 Å². The zero-order chi connectivity index (χ0) is 16.0. The van der Waals surface area contributed by atoms with Crippen molar-refractivity contribution in [3.8, 4) is 5.75 Å². The number of carboxylic acids is 1. The monoisotopic (exact) mass is 310 g/mol. The lowest BCUT2D eigenvalue weighted by Gasteiger charge is -2.16.